The SMILES string of the molecule is C=O.COc1cc(O)c(C(=O)c2ccccc2)cc1S(=O)(=O)[O-].N#[N+]c1ccc(Nc2ccccc2)cc1. The second-order valence-electron chi connectivity index (χ2n) is 7.31. The fraction of sp³-hybridized carbons (Fsp3) is 0.0370. The average molecular weight is 534 g/mol. The Balaban J connectivity index is 0.000000262. The molecule has 4 rings (SSSR count). The summed E-state index contributed by atoms with van der Waals surface area (Å²) >= 11 is 0. The summed E-state index contributed by atoms with van der Waals surface area (Å²) in [5, 5.41) is 21.6. The minimum Gasteiger partial charge on any atom is -0.744 e. The maximum absolute atomic E-state index is 12.2. The molecule has 0 fully saturated rings. The Labute approximate surface area is 219 Å². The van der Waals surface area contributed by atoms with Gasteiger partial charge in [0.05, 0.1) is 17.6 Å². The maximum Gasteiger partial charge on any atom is 0.385 e. The highest BCUT2D eigenvalue weighted by atomic mass is 32.2. The van der Waals surface area contributed by atoms with Gasteiger partial charge in [-0.05, 0) is 30.3 Å². The van der Waals surface area contributed by atoms with E-state index in [4.69, 9.17) is 14.9 Å². The first-order chi connectivity index (χ1) is 18.2. The number of anilines is 2. The van der Waals surface area contributed by atoms with Gasteiger partial charge in [0, 0.05) is 35.1 Å². The minimum atomic E-state index is -4.84. The predicted octanol–water partition coefficient (Wildman–Crippen LogP) is 5.27. The molecule has 11 heteroatoms. The van der Waals surface area contributed by atoms with Gasteiger partial charge in [-0.15, -0.1) is 0 Å². The van der Waals surface area contributed by atoms with Crippen molar-refractivity contribution in [1.82, 2.24) is 0 Å². The van der Waals surface area contributed by atoms with Crippen LogP contribution in [-0.2, 0) is 14.9 Å². The molecule has 0 radical (unpaired) electrons. The number of phenols is 1. The molecular formula is C27H23N3O7S. The predicted molar refractivity (Wildman–Crippen MR) is 141 cm³/mol. The number of benzene rings is 4. The van der Waals surface area contributed by atoms with E-state index in [0.717, 1.165) is 30.6 Å². The highest BCUT2D eigenvalue weighted by molar-refractivity contribution is 7.85. The Bertz CT molecular complexity index is 1500. The van der Waals surface area contributed by atoms with E-state index in [1.54, 1.807) is 30.3 Å². The summed E-state index contributed by atoms with van der Waals surface area (Å²) in [5.74, 6) is -1.37. The molecule has 2 N–H and O–H groups in total. The van der Waals surface area contributed by atoms with Crippen molar-refractivity contribution in [3.05, 3.63) is 113 Å². The number of hydrogen-bond donors (Lipinski definition) is 2. The molecule has 0 aliphatic carbocycles. The van der Waals surface area contributed by atoms with Gasteiger partial charge in [0.2, 0.25) is 5.39 Å². The monoisotopic (exact) mass is 533 g/mol. The van der Waals surface area contributed by atoms with Crippen molar-refractivity contribution in [2.75, 3.05) is 12.4 Å². The topological polar surface area (TPSA) is 161 Å². The molecule has 38 heavy (non-hydrogen) atoms. The quantitative estimate of drug-likeness (QED) is 0.191. The molecule has 0 bridgehead atoms. The van der Waals surface area contributed by atoms with E-state index >= 15 is 0 Å². The van der Waals surface area contributed by atoms with Crippen molar-refractivity contribution in [3.63, 3.8) is 0 Å². The lowest BCUT2D eigenvalue weighted by molar-refractivity contribution is -0.0980. The number of diazo groups is 1. The molecule has 4 aromatic carbocycles. The van der Waals surface area contributed by atoms with Gasteiger partial charge < -0.3 is 24.5 Å². The van der Waals surface area contributed by atoms with Crippen LogP contribution in [-0.4, -0.2) is 37.8 Å². The highest BCUT2D eigenvalue weighted by Gasteiger charge is 2.20. The van der Waals surface area contributed by atoms with Gasteiger partial charge in [-0.2, -0.15) is 0 Å². The number of carbonyl (C=O) groups excluding carboxylic acids is 2. The summed E-state index contributed by atoms with van der Waals surface area (Å²) in [6.07, 6.45) is 0. The molecule has 10 nitrogen and oxygen atoms in total. The molecule has 0 amide bonds. The summed E-state index contributed by atoms with van der Waals surface area (Å²) < 4.78 is 38.4. The third kappa shape index (κ3) is 7.99. The van der Waals surface area contributed by atoms with E-state index < -0.39 is 26.5 Å². The molecule has 0 saturated carbocycles. The fourth-order valence-electron chi connectivity index (χ4n) is 3.13. The van der Waals surface area contributed by atoms with Crippen LogP contribution in [0.3, 0.4) is 0 Å². The third-order valence-electron chi connectivity index (χ3n) is 4.88. The van der Waals surface area contributed by atoms with Crippen molar-refractivity contribution in [2.45, 2.75) is 4.90 Å². The molecule has 0 saturated heterocycles. The number of ketones is 1. The molecule has 4 aromatic rings. The highest BCUT2D eigenvalue weighted by Crippen LogP contribution is 2.32. The van der Waals surface area contributed by atoms with Crippen LogP contribution in [0.2, 0.25) is 0 Å². The molecule has 0 heterocycles. The molecule has 0 aliphatic heterocycles. The first-order valence-corrected chi connectivity index (χ1v) is 12.2. The summed E-state index contributed by atoms with van der Waals surface area (Å²) in [7, 11) is -3.68. The molecule has 194 valence electrons. The van der Waals surface area contributed by atoms with Crippen molar-refractivity contribution < 1.29 is 32.4 Å². The van der Waals surface area contributed by atoms with Gasteiger partial charge in [-0.1, -0.05) is 48.5 Å². The number of nitrogens with zero attached hydrogens (tertiary/aromatic N) is 2. The smallest absolute Gasteiger partial charge is 0.385 e. The third-order valence-corrected chi connectivity index (χ3v) is 5.73. The van der Waals surface area contributed by atoms with Crippen LogP contribution in [0, 0.1) is 5.39 Å². The van der Waals surface area contributed by atoms with Gasteiger partial charge in [0.1, 0.15) is 28.4 Å². The number of para-hydroxylation sites is 1. The zero-order valence-electron chi connectivity index (χ0n) is 20.1. The summed E-state index contributed by atoms with van der Waals surface area (Å²) in [5.41, 5.74) is 2.53. The van der Waals surface area contributed by atoms with E-state index in [1.807, 2.05) is 49.3 Å². The number of ether oxygens (including phenoxy) is 1. The van der Waals surface area contributed by atoms with Crippen molar-refractivity contribution in [2.24, 2.45) is 0 Å². The van der Waals surface area contributed by atoms with Gasteiger partial charge in [-0.25, -0.2) is 8.42 Å². The zero-order valence-corrected chi connectivity index (χ0v) is 21.0. The first-order valence-electron chi connectivity index (χ1n) is 10.8. The van der Waals surface area contributed by atoms with E-state index in [1.165, 1.54) is 12.1 Å². The number of phenolic OH excluding ortho intramolecular Hbond substituents is 1. The number of nitrogens with one attached hydrogen (secondary N) is 1. The van der Waals surface area contributed by atoms with Gasteiger partial charge in [-0.3, -0.25) is 4.79 Å². The minimum absolute atomic E-state index is 0.257. The van der Waals surface area contributed by atoms with E-state index in [-0.39, 0.29) is 16.9 Å². The Morgan fingerprint density at radius 3 is 1.95 bits per heavy atom. The Morgan fingerprint density at radius 2 is 1.45 bits per heavy atom. The van der Waals surface area contributed by atoms with Crippen LogP contribution in [0.4, 0.5) is 17.1 Å². The van der Waals surface area contributed by atoms with Gasteiger partial charge in [0.25, 0.3) is 0 Å². The molecular weight excluding hydrogens is 510 g/mol. The zero-order chi connectivity index (χ0) is 28.1. The number of rotatable bonds is 6. The van der Waals surface area contributed by atoms with Crippen LogP contribution in [0.1, 0.15) is 15.9 Å². The molecule has 0 aliphatic rings. The standard InChI is InChI=1S/C14H12O6S.C12H10N3.CH2O/c1-20-12-8-11(15)10(7-13(12)21(17,18)19)14(16)9-5-3-2-4-6-9;13-15-12-8-6-11(7-9-12)14-10-4-2-1-3-5-10;1-2/h2-8,15H,1H3,(H,17,18,19);1-9,14H;1H2/q;+1;/p-1. The van der Waals surface area contributed by atoms with Crippen molar-refractivity contribution in [1.29, 1.82) is 5.39 Å². The molecule has 0 aromatic heterocycles. The second kappa shape index (κ2) is 13.9. The van der Waals surface area contributed by atoms with E-state index in [2.05, 4.69) is 10.3 Å². The van der Waals surface area contributed by atoms with Crippen LogP contribution < -0.4 is 10.1 Å². The van der Waals surface area contributed by atoms with Gasteiger partial charge >= 0.3 is 5.69 Å². The number of methoxy groups -OCH3 is 1. The van der Waals surface area contributed by atoms with E-state index in [9.17, 15) is 22.9 Å². The maximum atomic E-state index is 12.2. The van der Waals surface area contributed by atoms with Crippen LogP contribution in [0.5, 0.6) is 11.5 Å². The van der Waals surface area contributed by atoms with Gasteiger partial charge in [0.15, 0.2) is 10.8 Å². The Morgan fingerprint density at radius 1 is 0.921 bits per heavy atom. The summed E-state index contributed by atoms with van der Waals surface area (Å²) in [6, 6.07) is 26.8. The summed E-state index contributed by atoms with van der Waals surface area (Å²) in [6.45, 7) is 2.00. The summed E-state index contributed by atoms with van der Waals surface area (Å²) in [4.78, 5) is 22.6. The molecule has 0 unspecified atom stereocenters. The number of aromatic hydroxyl groups is 1. The number of hydrogen-bond acceptors (Lipinski definition) is 9. The van der Waals surface area contributed by atoms with Crippen molar-refractivity contribution in [3.8, 4) is 11.5 Å². The Hall–Kier alpha value is -5.05. The van der Waals surface area contributed by atoms with Crippen LogP contribution in [0.15, 0.2) is 102 Å². The lowest BCUT2D eigenvalue weighted by atomic mass is 10.0. The molecule has 0 spiro atoms. The van der Waals surface area contributed by atoms with E-state index in [0.29, 0.717) is 5.69 Å². The van der Waals surface area contributed by atoms with Crippen LogP contribution in [0.25, 0.3) is 4.98 Å². The normalized spacial score (nSPS) is 9.92. The molecule has 0 atom stereocenters. The average Bonchev–Trinajstić information content (AvgIpc) is 2.95. The van der Waals surface area contributed by atoms with Crippen LogP contribution >= 0.6 is 0 Å². The van der Waals surface area contributed by atoms with Crippen molar-refractivity contribution >= 4 is 39.8 Å². The first kappa shape index (κ1) is 29.2. The Kier molecular flexibility index (Phi) is 10.7. The lowest BCUT2D eigenvalue weighted by Gasteiger charge is -2.14. The second-order valence-corrected chi connectivity index (χ2v) is 8.66. The fourth-order valence-corrected chi connectivity index (χ4v) is 3.78. The lowest BCUT2D eigenvalue weighted by Crippen LogP contribution is -2.07. The largest absolute Gasteiger partial charge is 0.744 e. The number of carbonyl (C=O) groups is 2.